The maximum atomic E-state index is 13.0. The van der Waals surface area contributed by atoms with Gasteiger partial charge >= 0.3 is 5.97 Å². The molecular weight excluding hydrogens is 586 g/mol. The summed E-state index contributed by atoms with van der Waals surface area (Å²) >= 11 is 5.94. The van der Waals surface area contributed by atoms with E-state index in [1.54, 1.807) is 0 Å². The molecule has 1 aromatic heterocycles. The van der Waals surface area contributed by atoms with Gasteiger partial charge in [0.05, 0.1) is 23.3 Å². The van der Waals surface area contributed by atoms with E-state index in [9.17, 15) is 24.6 Å². The van der Waals surface area contributed by atoms with E-state index < -0.39 is 23.3 Å². The van der Waals surface area contributed by atoms with Crippen molar-refractivity contribution in [3.05, 3.63) is 123 Å². The largest absolute Gasteiger partial charge is 1.00 e. The molecule has 1 aliphatic rings. The maximum absolute atomic E-state index is 13.0. The lowest BCUT2D eigenvalue weighted by Crippen LogP contribution is -3.00. The highest BCUT2D eigenvalue weighted by molar-refractivity contribution is 6.31. The zero-order valence-corrected chi connectivity index (χ0v) is 22.9. The van der Waals surface area contributed by atoms with Crippen LogP contribution in [0.15, 0.2) is 79.1 Å². The Bertz CT molecular complexity index is 1570. The van der Waals surface area contributed by atoms with Crippen molar-refractivity contribution in [2.45, 2.75) is 19.4 Å². The molecule has 9 heteroatoms. The minimum Gasteiger partial charge on any atom is -1.00 e. The molecule has 4 aromatic rings. The summed E-state index contributed by atoms with van der Waals surface area (Å²) in [5, 5.41) is 21.2. The van der Waals surface area contributed by atoms with Gasteiger partial charge in [-0.25, -0.2) is 9.36 Å². The quantitative estimate of drug-likeness (QED) is 0.166. The van der Waals surface area contributed by atoms with E-state index in [-0.39, 0.29) is 57.2 Å². The lowest BCUT2D eigenvalue weighted by Gasteiger charge is -2.19. The molecule has 39 heavy (non-hydrogen) atoms. The van der Waals surface area contributed by atoms with Crippen LogP contribution in [0.1, 0.15) is 59.7 Å². The molecule has 0 saturated heterocycles. The Labute approximate surface area is 240 Å². The van der Waals surface area contributed by atoms with Crippen molar-refractivity contribution in [2.24, 2.45) is 0 Å². The lowest BCUT2D eigenvalue weighted by atomic mass is 9.82. The highest BCUT2D eigenvalue weighted by Gasteiger charge is 2.35. The lowest BCUT2D eigenvalue weighted by molar-refractivity contribution is -0.688. The summed E-state index contributed by atoms with van der Waals surface area (Å²) in [5.41, 5.74) is 1.71. The van der Waals surface area contributed by atoms with Crippen LogP contribution in [-0.2, 0) is 17.7 Å². The number of fused-ring (bicyclic) bond motifs is 2. The van der Waals surface area contributed by atoms with Gasteiger partial charge in [-0.1, -0.05) is 35.9 Å². The predicted octanol–water partition coefficient (Wildman–Crippen LogP) is 1.66. The summed E-state index contributed by atoms with van der Waals surface area (Å²) in [5.74, 6) is -2.81. The molecule has 0 fully saturated rings. The SMILES string of the molecule is O=C(OCCCc1cc[n+](Cc2ccc(Cl)cc2)cc1)c1cc(O)c2c(c1)C(=O)c1cccc(O)c1C2=O.[Br-]. The third-order valence-electron chi connectivity index (χ3n) is 6.42. The Morgan fingerprint density at radius 2 is 1.51 bits per heavy atom. The Balaban J connectivity index is 0.00000353. The second-order valence-corrected chi connectivity index (χ2v) is 9.46. The summed E-state index contributed by atoms with van der Waals surface area (Å²) in [6.45, 7) is 0.865. The van der Waals surface area contributed by atoms with Crippen LogP contribution in [0.25, 0.3) is 0 Å². The molecule has 198 valence electrons. The van der Waals surface area contributed by atoms with Gasteiger partial charge in [0.2, 0.25) is 5.78 Å². The van der Waals surface area contributed by atoms with Gasteiger partial charge in [-0.05, 0) is 48.7 Å². The van der Waals surface area contributed by atoms with Crippen LogP contribution in [0.5, 0.6) is 11.5 Å². The van der Waals surface area contributed by atoms with Crippen LogP contribution < -0.4 is 21.5 Å². The van der Waals surface area contributed by atoms with Crippen LogP contribution in [-0.4, -0.2) is 34.4 Å². The molecular formula is C30H23BrClNO6. The number of carbonyl (C=O) groups is 3. The molecule has 5 rings (SSSR count). The molecule has 0 unspecified atom stereocenters. The molecule has 0 saturated carbocycles. The van der Waals surface area contributed by atoms with Gasteiger partial charge in [-0.2, -0.15) is 0 Å². The molecule has 3 aromatic carbocycles. The number of nitrogens with zero attached hydrogens (tertiary/aromatic N) is 1. The number of rotatable bonds is 7. The van der Waals surface area contributed by atoms with E-state index in [0.717, 1.165) is 23.7 Å². The fraction of sp³-hybridized carbons (Fsp3) is 0.133. The first-order valence-electron chi connectivity index (χ1n) is 12.0. The fourth-order valence-corrected chi connectivity index (χ4v) is 4.61. The minimum atomic E-state index is -0.709. The third kappa shape index (κ3) is 5.87. The standard InChI is InChI=1S/C30H22ClNO6.BrH/c31-21-8-6-19(7-9-21)17-32-12-10-18(11-13-32)3-2-14-38-30(37)20-15-23-27(25(34)16-20)29(36)26-22(28(23)35)4-1-5-24(26)33;/h1,4-13,15-16H,2-3,14,17H2,(H-,33,34,36);1H. The van der Waals surface area contributed by atoms with Gasteiger partial charge in [0.15, 0.2) is 24.7 Å². The van der Waals surface area contributed by atoms with Crippen molar-refractivity contribution in [1.29, 1.82) is 0 Å². The van der Waals surface area contributed by atoms with E-state index in [1.807, 2.05) is 48.8 Å². The number of phenols is 2. The van der Waals surface area contributed by atoms with Crippen LogP contribution in [0, 0.1) is 0 Å². The molecule has 0 atom stereocenters. The first kappa shape index (κ1) is 28.0. The van der Waals surface area contributed by atoms with E-state index in [2.05, 4.69) is 4.57 Å². The summed E-state index contributed by atoms with van der Waals surface area (Å²) in [4.78, 5) is 38.4. The molecule has 0 spiro atoms. The zero-order chi connectivity index (χ0) is 26.8. The van der Waals surface area contributed by atoms with E-state index in [4.69, 9.17) is 16.3 Å². The number of esters is 1. The number of benzene rings is 3. The van der Waals surface area contributed by atoms with Gasteiger partial charge in [0, 0.05) is 33.8 Å². The maximum Gasteiger partial charge on any atom is 0.338 e. The number of aryl methyl sites for hydroxylation is 1. The van der Waals surface area contributed by atoms with Crippen LogP contribution >= 0.6 is 11.6 Å². The Kier molecular flexibility index (Phi) is 8.47. The number of ether oxygens (including phenoxy) is 1. The summed E-state index contributed by atoms with van der Waals surface area (Å²) < 4.78 is 7.41. The second-order valence-electron chi connectivity index (χ2n) is 9.02. The number of aromatic nitrogens is 1. The number of halogens is 2. The molecule has 0 amide bonds. The number of phenolic OH excluding ortho intramolecular Hbond substituents is 2. The first-order chi connectivity index (χ1) is 18.3. The molecule has 0 bridgehead atoms. The zero-order valence-electron chi connectivity index (χ0n) is 20.6. The van der Waals surface area contributed by atoms with Crippen LogP contribution in [0.4, 0.5) is 0 Å². The van der Waals surface area contributed by atoms with Crippen molar-refractivity contribution in [3.63, 3.8) is 0 Å². The number of carbonyl (C=O) groups excluding carboxylic acids is 3. The molecule has 0 aliphatic heterocycles. The van der Waals surface area contributed by atoms with Gasteiger partial charge in [0.1, 0.15) is 11.5 Å². The number of hydrogen-bond donors (Lipinski definition) is 2. The van der Waals surface area contributed by atoms with Crippen molar-refractivity contribution in [3.8, 4) is 11.5 Å². The topological polar surface area (TPSA) is 105 Å². The van der Waals surface area contributed by atoms with Crippen LogP contribution in [0.3, 0.4) is 0 Å². The van der Waals surface area contributed by atoms with Gasteiger partial charge < -0.3 is 31.9 Å². The summed E-state index contributed by atoms with van der Waals surface area (Å²) in [6.07, 6.45) is 5.25. The van der Waals surface area contributed by atoms with Crippen molar-refractivity contribution in [2.75, 3.05) is 6.61 Å². The highest BCUT2D eigenvalue weighted by atomic mass is 79.9. The first-order valence-corrected chi connectivity index (χ1v) is 12.4. The Morgan fingerprint density at radius 3 is 2.23 bits per heavy atom. The Hall–Kier alpha value is -4.01. The number of pyridine rings is 1. The highest BCUT2D eigenvalue weighted by Crippen LogP contribution is 2.37. The number of hydrogen-bond acceptors (Lipinski definition) is 6. The van der Waals surface area contributed by atoms with Crippen molar-refractivity contribution in [1.82, 2.24) is 0 Å². The Morgan fingerprint density at radius 1 is 0.821 bits per heavy atom. The van der Waals surface area contributed by atoms with Crippen LogP contribution in [0.2, 0.25) is 5.02 Å². The van der Waals surface area contributed by atoms with Gasteiger partial charge in [-0.15, -0.1) is 0 Å². The molecule has 7 nitrogen and oxygen atoms in total. The normalized spacial score (nSPS) is 11.8. The van der Waals surface area contributed by atoms with Gasteiger partial charge in [-0.3, -0.25) is 9.59 Å². The van der Waals surface area contributed by atoms with Crippen molar-refractivity contribution < 1.29 is 50.9 Å². The average molecular weight is 609 g/mol. The molecule has 1 heterocycles. The second kappa shape index (κ2) is 11.8. The summed E-state index contributed by atoms with van der Waals surface area (Å²) in [7, 11) is 0. The molecule has 1 aliphatic carbocycles. The van der Waals surface area contributed by atoms with Gasteiger partial charge in [0.25, 0.3) is 0 Å². The fourth-order valence-electron chi connectivity index (χ4n) is 4.49. The smallest absolute Gasteiger partial charge is 0.338 e. The molecule has 2 N–H and O–H groups in total. The van der Waals surface area contributed by atoms with E-state index >= 15 is 0 Å². The van der Waals surface area contributed by atoms with E-state index in [1.165, 1.54) is 24.3 Å². The van der Waals surface area contributed by atoms with E-state index in [0.29, 0.717) is 17.9 Å². The molecule has 0 radical (unpaired) electrons. The number of ketones is 2. The monoisotopic (exact) mass is 607 g/mol. The van der Waals surface area contributed by atoms with Crippen molar-refractivity contribution >= 4 is 29.1 Å². The minimum absolute atomic E-state index is 0. The predicted molar refractivity (Wildman–Crippen MR) is 139 cm³/mol. The summed E-state index contributed by atoms with van der Waals surface area (Å²) in [6, 6.07) is 18.2. The third-order valence-corrected chi connectivity index (χ3v) is 6.67. The number of aromatic hydroxyl groups is 2. The average Bonchev–Trinajstić information content (AvgIpc) is 2.91.